The van der Waals surface area contributed by atoms with Crippen LogP contribution in [0.4, 0.5) is 15.8 Å². The van der Waals surface area contributed by atoms with Crippen molar-refractivity contribution < 1.29 is 14.1 Å². The van der Waals surface area contributed by atoms with Crippen molar-refractivity contribution in [3.63, 3.8) is 0 Å². The summed E-state index contributed by atoms with van der Waals surface area (Å²) in [4.78, 5) is 21.1. The number of hydrogen-bond donors (Lipinski definition) is 1. The lowest BCUT2D eigenvalue weighted by Gasteiger charge is -2.07. The summed E-state index contributed by atoms with van der Waals surface area (Å²) in [6.45, 7) is 1.40. The molecule has 1 N–H and O–H groups in total. The Balaban J connectivity index is 3.17. The van der Waals surface area contributed by atoms with Crippen LogP contribution in [0.5, 0.6) is 0 Å². The van der Waals surface area contributed by atoms with Crippen LogP contribution >= 0.6 is 23.2 Å². The molecule has 92 valence electrons. The number of amides is 1. The number of nitro benzene ring substituents is 1. The van der Waals surface area contributed by atoms with Crippen molar-refractivity contribution in [1.82, 2.24) is 0 Å². The third kappa shape index (κ3) is 3.28. The number of benzene rings is 1. The Kier molecular flexibility index (Phi) is 4.25. The lowest BCUT2D eigenvalue weighted by molar-refractivity contribution is -0.384. The Hall–Kier alpha value is -1.40. The molecule has 5 nitrogen and oxygen atoms in total. The van der Waals surface area contributed by atoms with Crippen LogP contribution in [0.3, 0.4) is 0 Å². The first-order valence-corrected chi connectivity index (χ1v) is 5.22. The number of alkyl halides is 1. The number of rotatable bonds is 3. The molecule has 0 aliphatic rings. The molecule has 0 saturated heterocycles. The topological polar surface area (TPSA) is 72.2 Å². The Morgan fingerprint density at radius 1 is 1.59 bits per heavy atom. The molecule has 1 amide bonds. The van der Waals surface area contributed by atoms with Gasteiger partial charge in [-0.2, -0.15) is 0 Å². The molecule has 0 heterocycles. The zero-order chi connectivity index (χ0) is 13.2. The lowest BCUT2D eigenvalue weighted by atomic mass is 10.2. The molecule has 1 atom stereocenters. The van der Waals surface area contributed by atoms with Gasteiger partial charge in [0.25, 0.3) is 5.69 Å². The fourth-order valence-electron chi connectivity index (χ4n) is 1.02. The molecule has 0 spiro atoms. The number of carbonyl (C=O) groups is 1. The van der Waals surface area contributed by atoms with Gasteiger partial charge in [-0.15, -0.1) is 11.6 Å². The summed E-state index contributed by atoms with van der Waals surface area (Å²) < 4.78 is 13.0. The number of nitrogens with one attached hydrogen (secondary N) is 1. The van der Waals surface area contributed by atoms with Crippen LogP contribution in [-0.4, -0.2) is 16.2 Å². The molecule has 0 bridgehead atoms. The smallest absolute Gasteiger partial charge is 0.295 e. The van der Waals surface area contributed by atoms with E-state index in [-0.39, 0.29) is 10.7 Å². The summed E-state index contributed by atoms with van der Waals surface area (Å²) in [7, 11) is 0. The predicted molar refractivity (Wildman–Crippen MR) is 62.0 cm³/mol. The van der Waals surface area contributed by atoms with Gasteiger partial charge in [0.2, 0.25) is 5.91 Å². The fourth-order valence-corrected chi connectivity index (χ4v) is 1.24. The van der Waals surface area contributed by atoms with E-state index in [2.05, 4.69) is 5.32 Å². The summed E-state index contributed by atoms with van der Waals surface area (Å²) in [6.07, 6.45) is 0. The van der Waals surface area contributed by atoms with Crippen molar-refractivity contribution in [2.75, 3.05) is 5.32 Å². The van der Waals surface area contributed by atoms with Crippen LogP contribution in [0.25, 0.3) is 0 Å². The van der Waals surface area contributed by atoms with Crippen LogP contribution in [0.2, 0.25) is 5.02 Å². The molecule has 0 aliphatic carbocycles. The maximum absolute atomic E-state index is 13.0. The van der Waals surface area contributed by atoms with E-state index in [0.29, 0.717) is 6.07 Å². The maximum Gasteiger partial charge on any atom is 0.295 e. The number of anilines is 1. The van der Waals surface area contributed by atoms with Gasteiger partial charge in [-0.1, -0.05) is 11.6 Å². The van der Waals surface area contributed by atoms with Crippen molar-refractivity contribution in [3.8, 4) is 0 Å². The van der Waals surface area contributed by atoms with E-state index < -0.39 is 27.7 Å². The minimum Gasteiger partial charge on any atom is -0.319 e. The highest BCUT2D eigenvalue weighted by Gasteiger charge is 2.20. The normalized spacial score (nSPS) is 12.0. The van der Waals surface area contributed by atoms with Crippen LogP contribution < -0.4 is 5.32 Å². The number of carbonyl (C=O) groups excluding carboxylic acids is 1. The van der Waals surface area contributed by atoms with E-state index in [0.717, 1.165) is 6.07 Å². The molecule has 1 aromatic carbocycles. The molecule has 1 unspecified atom stereocenters. The van der Waals surface area contributed by atoms with Gasteiger partial charge in [-0.3, -0.25) is 14.9 Å². The lowest BCUT2D eigenvalue weighted by Crippen LogP contribution is -2.21. The molecule has 0 aromatic heterocycles. The van der Waals surface area contributed by atoms with Gasteiger partial charge in [0.1, 0.15) is 16.9 Å². The van der Waals surface area contributed by atoms with Crippen molar-refractivity contribution in [1.29, 1.82) is 0 Å². The Morgan fingerprint density at radius 2 is 2.18 bits per heavy atom. The Morgan fingerprint density at radius 3 is 2.65 bits per heavy atom. The Labute approximate surface area is 106 Å². The van der Waals surface area contributed by atoms with Crippen LogP contribution in [-0.2, 0) is 4.79 Å². The number of nitro groups is 1. The van der Waals surface area contributed by atoms with Gasteiger partial charge in [-0.05, 0) is 13.0 Å². The van der Waals surface area contributed by atoms with Gasteiger partial charge < -0.3 is 5.32 Å². The number of nitrogens with zero attached hydrogens (tertiary/aromatic N) is 1. The second kappa shape index (κ2) is 5.29. The molecular weight excluding hydrogens is 274 g/mol. The quantitative estimate of drug-likeness (QED) is 0.526. The van der Waals surface area contributed by atoms with Gasteiger partial charge in [0.15, 0.2) is 0 Å². The van der Waals surface area contributed by atoms with Crippen molar-refractivity contribution >= 4 is 40.5 Å². The van der Waals surface area contributed by atoms with Crippen LogP contribution in [0.15, 0.2) is 12.1 Å². The molecule has 17 heavy (non-hydrogen) atoms. The average Bonchev–Trinajstić information content (AvgIpc) is 2.22. The molecule has 0 aliphatic heterocycles. The SMILES string of the molecule is CC(Cl)C(=O)Nc1cc(Cl)c(F)cc1[N+](=O)[O-]. The third-order valence-electron chi connectivity index (χ3n) is 1.85. The van der Waals surface area contributed by atoms with Crippen molar-refractivity contribution in [2.45, 2.75) is 12.3 Å². The summed E-state index contributed by atoms with van der Waals surface area (Å²) in [6, 6.07) is 1.60. The summed E-state index contributed by atoms with van der Waals surface area (Å²) in [5, 5.41) is 11.6. The van der Waals surface area contributed by atoms with Gasteiger partial charge in [-0.25, -0.2) is 4.39 Å². The molecule has 0 saturated carbocycles. The van der Waals surface area contributed by atoms with E-state index >= 15 is 0 Å². The highest BCUT2D eigenvalue weighted by molar-refractivity contribution is 6.33. The molecule has 0 radical (unpaired) electrons. The monoisotopic (exact) mass is 280 g/mol. The Bertz CT molecular complexity index is 480. The first-order valence-electron chi connectivity index (χ1n) is 4.41. The van der Waals surface area contributed by atoms with E-state index in [4.69, 9.17) is 23.2 Å². The zero-order valence-electron chi connectivity index (χ0n) is 8.54. The fraction of sp³-hybridized carbons (Fsp3) is 0.222. The third-order valence-corrected chi connectivity index (χ3v) is 2.34. The van der Waals surface area contributed by atoms with Crippen molar-refractivity contribution in [3.05, 3.63) is 33.1 Å². The second-order valence-electron chi connectivity index (χ2n) is 3.15. The standard InChI is InChI=1S/C9H7Cl2FN2O3/c1-4(10)9(15)13-7-2-5(11)6(12)3-8(7)14(16)17/h2-4H,1H3,(H,13,15). The van der Waals surface area contributed by atoms with E-state index in [9.17, 15) is 19.3 Å². The number of hydrogen-bond acceptors (Lipinski definition) is 3. The molecule has 1 aromatic rings. The zero-order valence-corrected chi connectivity index (χ0v) is 10.0. The first-order chi connectivity index (χ1) is 7.82. The average molecular weight is 281 g/mol. The molecular formula is C9H7Cl2FN2O3. The summed E-state index contributed by atoms with van der Waals surface area (Å²) in [5.74, 6) is -1.58. The predicted octanol–water partition coefficient (Wildman–Crippen LogP) is 2.95. The van der Waals surface area contributed by atoms with Gasteiger partial charge >= 0.3 is 0 Å². The molecule has 1 rings (SSSR count). The summed E-state index contributed by atoms with van der Waals surface area (Å²) in [5.41, 5.74) is -0.781. The molecule has 8 heteroatoms. The molecule has 0 fully saturated rings. The summed E-state index contributed by atoms with van der Waals surface area (Å²) >= 11 is 11.0. The number of halogens is 3. The van der Waals surface area contributed by atoms with Crippen LogP contribution in [0, 0.1) is 15.9 Å². The van der Waals surface area contributed by atoms with Gasteiger partial charge in [0, 0.05) is 0 Å². The first kappa shape index (κ1) is 13.7. The van der Waals surface area contributed by atoms with Crippen LogP contribution in [0.1, 0.15) is 6.92 Å². The van der Waals surface area contributed by atoms with Gasteiger partial charge in [0.05, 0.1) is 16.0 Å². The minimum absolute atomic E-state index is 0.195. The largest absolute Gasteiger partial charge is 0.319 e. The highest BCUT2D eigenvalue weighted by atomic mass is 35.5. The second-order valence-corrected chi connectivity index (χ2v) is 4.21. The van der Waals surface area contributed by atoms with Crippen molar-refractivity contribution in [2.24, 2.45) is 0 Å². The van der Waals surface area contributed by atoms with E-state index in [1.54, 1.807) is 0 Å². The highest BCUT2D eigenvalue weighted by Crippen LogP contribution is 2.30. The van der Waals surface area contributed by atoms with E-state index in [1.807, 2.05) is 0 Å². The maximum atomic E-state index is 13.0. The van der Waals surface area contributed by atoms with E-state index in [1.165, 1.54) is 6.92 Å². The minimum atomic E-state index is -0.935.